The molecule has 0 unspecified atom stereocenters. The fourth-order valence-electron chi connectivity index (χ4n) is 3.68. The summed E-state index contributed by atoms with van der Waals surface area (Å²) in [7, 11) is 0. The Labute approximate surface area is 188 Å². The molecule has 1 aromatic heterocycles. The van der Waals surface area contributed by atoms with Gasteiger partial charge in [0.05, 0.1) is 34.9 Å². The predicted octanol–water partition coefficient (Wildman–Crippen LogP) is 3.44. The number of aryl methyl sites for hydroxylation is 2. The number of nitro groups is 1. The largest absolute Gasteiger partial charge is 0.378 e. The highest BCUT2D eigenvalue weighted by molar-refractivity contribution is 7.16. The Morgan fingerprint density at radius 2 is 1.97 bits per heavy atom. The van der Waals surface area contributed by atoms with E-state index in [1.807, 2.05) is 35.4 Å². The van der Waals surface area contributed by atoms with Gasteiger partial charge in [-0.2, -0.15) is 4.99 Å². The lowest BCUT2D eigenvalue weighted by Crippen LogP contribution is -2.36. The van der Waals surface area contributed by atoms with Crippen LogP contribution in [0.3, 0.4) is 0 Å². The van der Waals surface area contributed by atoms with E-state index in [-0.39, 0.29) is 17.8 Å². The van der Waals surface area contributed by atoms with Crippen molar-refractivity contribution in [3.8, 4) is 12.3 Å². The van der Waals surface area contributed by atoms with Gasteiger partial charge in [0.15, 0.2) is 4.80 Å². The number of carbonyl (C=O) groups is 1. The maximum Gasteiger partial charge on any atom is 0.293 e. The molecule has 1 aliphatic heterocycles. The van der Waals surface area contributed by atoms with Gasteiger partial charge in [-0.05, 0) is 49.2 Å². The zero-order valence-corrected chi connectivity index (χ0v) is 18.6. The van der Waals surface area contributed by atoms with Gasteiger partial charge in [0.1, 0.15) is 5.69 Å². The quantitative estimate of drug-likeness (QED) is 0.345. The van der Waals surface area contributed by atoms with Crippen molar-refractivity contribution < 1.29 is 14.5 Å². The molecule has 1 fully saturated rings. The van der Waals surface area contributed by atoms with Crippen molar-refractivity contribution in [1.82, 2.24) is 4.57 Å². The van der Waals surface area contributed by atoms with E-state index < -0.39 is 10.8 Å². The number of anilines is 1. The molecule has 0 atom stereocenters. The van der Waals surface area contributed by atoms with E-state index in [1.165, 1.54) is 17.4 Å². The number of hydrogen-bond donors (Lipinski definition) is 0. The summed E-state index contributed by atoms with van der Waals surface area (Å²) >= 11 is 1.37. The van der Waals surface area contributed by atoms with E-state index >= 15 is 0 Å². The number of nitrogens with zero attached hydrogens (tertiary/aromatic N) is 4. The van der Waals surface area contributed by atoms with Crippen LogP contribution < -0.4 is 9.70 Å². The Morgan fingerprint density at radius 1 is 1.25 bits per heavy atom. The molecule has 2 heterocycles. The Kier molecular flexibility index (Phi) is 6.08. The minimum absolute atomic E-state index is 0.118. The monoisotopic (exact) mass is 450 g/mol. The van der Waals surface area contributed by atoms with Gasteiger partial charge < -0.3 is 14.2 Å². The molecule has 2 aromatic carbocycles. The fourth-order valence-corrected chi connectivity index (χ4v) is 4.78. The molecule has 1 aliphatic rings. The van der Waals surface area contributed by atoms with E-state index in [0.717, 1.165) is 21.3 Å². The van der Waals surface area contributed by atoms with Crippen molar-refractivity contribution in [3.63, 3.8) is 0 Å². The number of morpholine rings is 1. The van der Waals surface area contributed by atoms with E-state index in [2.05, 4.69) is 10.9 Å². The van der Waals surface area contributed by atoms with Crippen molar-refractivity contribution >= 4 is 38.8 Å². The van der Waals surface area contributed by atoms with Gasteiger partial charge in [-0.15, -0.1) is 6.42 Å². The summed E-state index contributed by atoms with van der Waals surface area (Å²) in [5.74, 6) is 2.06. The average Bonchev–Trinajstić information content (AvgIpc) is 3.10. The highest BCUT2D eigenvalue weighted by atomic mass is 32.1. The van der Waals surface area contributed by atoms with Crippen molar-refractivity contribution in [2.75, 3.05) is 31.2 Å². The molecule has 0 N–H and O–H groups in total. The number of benzene rings is 2. The van der Waals surface area contributed by atoms with Crippen LogP contribution in [0.15, 0.2) is 35.3 Å². The first kappa shape index (κ1) is 21.7. The predicted molar refractivity (Wildman–Crippen MR) is 124 cm³/mol. The molecule has 1 amide bonds. The number of amides is 1. The number of carbonyl (C=O) groups excluding carboxylic acids is 1. The molecule has 0 radical (unpaired) electrons. The zero-order chi connectivity index (χ0) is 22.8. The molecular formula is C23H22N4O4S. The first-order valence-corrected chi connectivity index (χ1v) is 10.9. The van der Waals surface area contributed by atoms with Crippen LogP contribution in [0.4, 0.5) is 11.4 Å². The second-order valence-corrected chi connectivity index (χ2v) is 8.57. The van der Waals surface area contributed by atoms with E-state index in [0.29, 0.717) is 36.8 Å². The molecule has 8 nitrogen and oxygen atoms in total. The molecule has 0 saturated carbocycles. The Hall–Kier alpha value is -3.48. The number of ether oxygens (including phenoxy) is 1. The van der Waals surface area contributed by atoms with E-state index in [9.17, 15) is 14.9 Å². The third-order valence-corrected chi connectivity index (χ3v) is 6.56. The minimum Gasteiger partial charge on any atom is -0.378 e. The van der Waals surface area contributed by atoms with Crippen LogP contribution in [0.25, 0.3) is 10.2 Å². The summed E-state index contributed by atoms with van der Waals surface area (Å²) in [4.78, 5) is 30.8. The molecular weight excluding hydrogens is 428 g/mol. The molecule has 164 valence electrons. The van der Waals surface area contributed by atoms with Crippen LogP contribution in [0.5, 0.6) is 0 Å². The molecule has 9 heteroatoms. The number of hydrogen-bond acceptors (Lipinski definition) is 6. The molecule has 0 bridgehead atoms. The van der Waals surface area contributed by atoms with Gasteiger partial charge in [-0.25, -0.2) is 0 Å². The van der Waals surface area contributed by atoms with Crippen molar-refractivity contribution in [1.29, 1.82) is 0 Å². The van der Waals surface area contributed by atoms with Gasteiger partial charge in [-0.3, -0.25) is 14.9 Å². The van der Waals surface area contributed by atoms with Crippen LogP contribution >= 0.6 is 11.3 Å². The third kappa shape index (κ3) is 4.15. The summed E-state index contributed by atoms with van der Waals surface area (Å²) in [6, 6.07) is 8.57. The lowest BCUT2D eigenvalue weighted by Gasteiger charge is -2.28. The highest BCUT2D eigenvalue weighted by Crippen LogP contribution is 2.30. The maximum atomic E-state index is 13.0. The van der Waals surface area contributed by atoms with Crippen molar-refractivity contribution in [2.45, 2.75) is 20.4 Å². The Morgan fingerprint density at radius 3 is 2.66 bits per heavy atom. The topological polar surface area (TPSA) is 90.0 Å². The average molecular weight is 451 g/mol. The summed E-state index contributed by atoms with van der Waals surface area (Å²) in [5, 5.41) is 11.7. The van der Waals surface area contributed by atoms with Gasteiger partial charge in [0.2, 0.25) is 0 Å². The molecule has 1 saturated heterocycles. The smallest absolute Gasteiger partial charge is 0.293 e. The number of thiazole rings is 1. The van der Waals surface area contributed by atoms with Crippen molar-refractivity contribution in [3.05, 3.63) is 61.9 Å². The summed E-state index contributed by atoms with van der Waals surface area (Å²) in [6.07, 6.45) is 5.55. The molecule has 0 spiro atoms. The fraction of sp³-hybridized carbons (Fsp3) is 0.304. The van der Waals surface area contributed by atoms with Gasteiger partial charge in [-0.1, -0.05) is 17.3 Å². The van der Waals surface area contributed by atoms with Crippen molar-refractivity contribution in [2.24, 2.45) is 4.99 Å². The van der Waals surface area contributed by atoms with Gasteiger partial charge >= 0.3 is 0 Å². The van der Waals surface area contributed by atoms with Gasteiger partial charge in [0, 0.05) is 24.7 Å². The number of aromatic nitrogens is 1. The molecule has 32 heavy (non-hydrogen) atoms. The van der Waals surface area contributed by atoms with Crippen LogP contribution in [0.2, 0.25) is 0 Å². The normalized spacial score (nSPS) is 14.5. The summed E-state index contributed by atoms with van der Waals surface area (Å²) in [6.45, 7) is 6.45. The summed E-state index contributed by atoms with van der Waals surface area (Å²) < 4.78 is 8.12. The standard InChI is InChI=1S/C23H22N4O4S/c1-4-7-26-20-12-15(2)16(3)13-21(20)32-23(26)24-22(28)17-5-6-18(19(14-17)27(29)30)25-8-10-31-11-9-25/h1,5-6,12-14H,7-11H2,2-3H3. The number of fused-ring (bicyclic) bond motifs is 1. The van der Waals surface area contributed by atoms with Crippen LogP contribution in [0.1, 0.15) is 21.5 Å². The number of nitro benzene ring substituents is 1. The Bertz CT molecular complexity index is 1330. The number of rotatable bonds is 4. The van der Waals surface area contributed by atoms with Crippen LogP contribution in [-0.4, -0.2) is 41.7 Å². The maximum absolute atomic E-state index is 13.0. The van der Waals surface area contributed by atoms with E-state index in [1.54, 1.807) is 12.1 Å². The molecule has 0 aliphatic carbocycles. The minimum atomic E-state index is -0.549. The molecule has 3 aromatic rings. The first-order valence-electron chi connectivity index (χ1n) is 10.1. The van der Waals surface area contributed by atoms with Gasteiger partial charge in [0.25, 0.3) is 11.6 Å². The second-order valence-electron chi connectivity index (χ2n) is 7.56. The van der Waals surface area contributed by atoms with Crippen LogP contribution in [-0.2, 0) is 11.3 Å². The number of terminal acetylenes is 1. The highest BCUT2D eigenvalue weighted by Gasteiger charge is 2.23. The summed E-state index contributed by atoms with van der Waals surface area (Å²) in [5.41, 5.74) is 3.69. The molecule has 4 rings (SSSR count). The lowest BCUT2D eigenvalue weighted by atomic mass is 10.1. The van der Waals surface area contributed by atoms with Crippen LogP contribution in [0, 0.1) is 36.3 Å². The Balaban J connectivity index is 1.77. The first-order chi connectivity index (χ1) is 15.4. The van der Waals surface area contributed by atoms with E-state index in [4.69, 9.17) is 11.2 Å². The second kappa shape index (κ2) is 8.94. The zero-order valence-electron chi connectivity index (χ0n) is 17.8. The SMILES string of the molecule is C#CCn1c(=NC(=O)c2ccc(N3CCOCC3)c([N+](=O)[O-])c2)sc2cc(C)c(C)cc21. The lowest BCUT2D eigenvalue weighted by molar-refractivity contribution is -0.384. The third-order valence-electron chi connectivity index (χ3n) is 5.52.